The maximum Gasteiger partial charge on any atom is 0.246 e. The van der Waals surface area contributed by atoms with Crippen LogP contribution in [0.2, 0.25) is 0 Å². The quantitative estimate of drug-likeness (QED) is 0.770. The number of likely N-dealkylation sites (N-methyl/N-ethyl adjacent to an activating group) is 1. The summed E-state index contributed by atoms with van der Waals surface area (Å²) in [4.78, 5) is 27.3. The monoisotopic (exact) mass is 364 g/mol. The fourth-order valence-electron chi connectivity index (χ4n) is 2.90. The number of carbonyl (C=O) groups excluding carboxylic acids is 2. The minimum absolute atomic E-state index is 0.0159. The van der Waals surface area contributed by atoms with Crippen molar-refractivity contribution in [3.8, 4) is 0 Å². The first-order valence-electron chi connectivity index (χ1n) is 7.36. The van der Waals surface area contributed by atoms with E-state index in [2.05, 4.69) is 40.7 Å². The van der Waals surface area contributed by atoms with Gasteiger partial charge in [-0.3, -0.25) is 9.59 Å². The zero-order valence-corrected chi connectivity index (χ0v) is 14.6. The Kier molecular flexibility index (Phi) is 5.40. The van der Waals surface area contributed by atoms with Crippen LogP contribution in [0.1, 0.15) is 30.0 Å². The van der Waals surface area contributed by atoms with Crippen molar-refractivity contribution in [1.29, 1.82) is 0 Å². The Hall–Kier alpha value is -1.62. The summed E-state index contributed by atoms with van der Waals surface area (Å²) >= 11 is 3.52. The Morgan fingerprint density at radius 3 is 2.82 bits per heavy atom. The highest BCUT2D eigenvalue weighted by Gasteiger charge is 2.30. The predicted octanol–water partition coefficient (Wildman–Crippen LogP) is 3.07. The first-order chi connectivity index (χ1) is 10.4. The van der Waals surface area contributed by atoms with E-state index in [0.717, 1.165) is 29.4 Å². The second-order valence-corrected chi connectivity index (χ2v) is 6.62. The van der Waals surface area contributed by atoms with Crippen LogP contribution in [0.15, 0.2) is 35.3 Å². The fourth-order valence-corrected chi connectivity index (χ4v) is 3.52. The van der Waals surface area contributed by atoms with E-state index in [1.807, 2.05) is 11.8 Å². The molecule has 1 unspecified atom stereocenters. The number of benzene rings is 1. The Bertz CT molecular complexity index is 580. The molecular formula is C17H21BrN2O2. The second kappa shape index (κ2) is 7.09. The lowest BCUT2D eigenvalue weighted by molar-refractivity contribution is -0.137. The van der Waals surface area contributed by atoms with Gasteiger partial charge in [0, 0.05) is 18.1 Å². The summed E-state index contributed by atoms with van der Waals surface area (Å²) in [6, 6.07) is 6.35. The van der Waals surface area contributed by atoms with Gasteiger partial charge in [0.2, 0.25) is 11.8 Å². The molecule has 1 aromatic carbocycles. The largest absolute Gasteiger partial charge is 0.334 e. The van der Waals surface area contributed by atoms with Crippen molar-refractivity contribution in [3.05, 3.63) is 46.5 Å². The number of hydrogen-bond donors (Lipinski definition) is 0. The predicted molar refractivity (Wildman–Crippen MR) is 90.4 cm³/mol. The van der Waals surface area contributed by atoms with Gasteiger partial charge in [0.1, 0.15) is 0 Å². The first kappa shape index (κ1) is 16.7. The molecule has 2 amide bonds. The molecule has 1 aliphatic heterocycles. The van der Waals surface area contributed by atoms with E-state index in [-0.39, 0.29) is 24.4 Å². The summed E-state index contributed by atoms with van der Waals surface area (Å²) in [6.45, 7) is 6.33. The van der Waals surface area contributed by atoms with Crippen LogP contribution in [-0.4, -0.2) is 41.8 Å². The van der Waals surface area contributed by atoms with E-state index in [4.69, 9.17) is 0 Å². The smallest absolute Gasteiger partial charge is 0.246 e. The molecule has 2 rings (SSSR count). The molecule has 0 radical (unpaired) electrons. The third-order valence-corrected chi connectivity index (χ3v) is 4.40. The van der Waals surface area contributed by atoms with E-state index in [9.17, 15) is 9.59 Å². The van der Waals surface area contributed by atoms with Crippen LogP contribution in [0.5, 0.6) is 0 Å². The van der Waals surface area contributed by atoms with Crippen LogP contribution in [-0.2, 0) is 9.59 Å². The summed E-state index contributed by atoms with van der Waals surface area (Å²) in [5.74, 6) is -0.250. The van der Waals surface area contributed by atoms with Crippen LogP contribution in [0.25, 0.3) is 0 Å². The molecule has 1 aliphatic rings. The molecule has 0 saturated carbocycles. The number of nitrogens with zero attached hydrogens (tertiary/aromatic N) is 2. The van der Waals surface area contributed by atoms with E-state index < -0.39 is 0 Å². The third kappa shape index (κ3) is 3.77. The van der Waals surface area contributed by atoms with E-state index >= 15 is 0 Å². The van der Waals surface area contributed by atoms with Crippen molar-refractivity contribution in [2.24, 2.45) is 0 Å². The highest BCUT2D eigenvalue weighted by Crippen LogP contribution is 2.33. The van der Waals surface area contributed by atoms with Crippen LogP contribution < -0.4 is 0 Å². The van der Waals surface area contributed by atoms with E-state index in [0.29, 0.717) is 0 Å². The molecule has 5 heteroatoms. The van der Waals surface area contributed by atoms with Gasteiger partial charge >= 0.3 is 0 Å². The van der Waals surface area contributed by atoms with Gasteiger partial charge < -0.3 is 9.80 Å². The number of likely N-dealkylation sites (tertiary alicyclic amines) is 1. The van der Waals surface area contributed by atoms with Crippen LogP contribution >= 0.6 is 15.9 Å². The van der Waals surface area contributed by atoms with Crippen molar-refractivity contribution in [1.82, 2.24) is 9.80 Å². The zero-order chi connectivity index (χ0) is 16.3. The lowest BCUT2D eigenvalue weighted by atomic mass is 10.0. The summed E-state index contributed by atoms with van der Waals surface area (Å²) in [5, 5.41) is 0. The lowest BCUT2D eigenvalue weighted by Gasteiger charge is -2.27. The highest BCUT2D eigenvalue weighted by atomic mass is 79.9. The van der Waals surface area contributed by atoms with Crippen molar-refractivity contribution in [3.63, 3.8) is 0 Å². The SMILES string of the molecule is C=CC(=O)N(C)CC(=O)N1CCCC1c1cc(C)cc(Br)c1. The summed E-state index contributed by atoms with van der Waals surface area (Å²) in [6.07, 6.45) is 3.17. The molecule has 1 fully saturated rings. The maximum absolute atomic E-state index is 12.5. The zero-order valence-electron chi connectivity index (χ0n) is 13.0. The molecule has 1 aromatic rings. The van der Waals surface area contributed by atoms with Crippen LogP contribution in [0, 0.1) is 6.92 Å². The number of aryl methyl sites for hydroxylation is 1. The molecule has 22 heavy (non-hydrogen) atoms. The second-order valence-electron chi connectivity index (χ2n) is 5.71. The summed E-state index contributed by atoms with van der Waals surface area (Å²) in [7, 11) is 1.62. The van der Waals surface area contributed by atoms with Gasteiger partial charge in [0.25, 0.3) is 0 Å². The molecule has 0 aromatic heterocycles. The number of rotatable bonds is 4. The van der Waals surface area contributed by atoms with Crippen LogP contribution in [0.3, 0.4) is 0 Å². The molecule has 1 saturated heterocycles. The van der Waals surface area contributed by atoms with Crippen molar-refractivity contribution >= 4 is 27.7 Å². The minimum atomic E-state index is -0.234. The Labute approximate surface area is 139 Å². The van der Waals surface area contributed by atoms with Crippen LogP contribution in [0.4, 0.5) is 0 Å². The van der Waals surface area contributed by atoms with Crippen molar-refractivity contribution < 1.29 is 9.59 Å². The van der Waals surface area contributed by atoms with Gasteiger partial charge in [-0.2, -0.15) is 0 Å². The topological polar surface area (TPSA) is 40.6 Å². The number of halogens is 1. The molecule has 0 aliphatic carbocycles. The molecule has 4 nitrogen and oxygen atoms in total. The average molecular weight is 365 g/mol. The molecule has 1 atom stereocenters. The van der Waals surface area contributed by atoms with Gasteiger partial charge in [-0.1, -0.05) is 28.6 Å². The molecule has 0 bridgehead atoms. The Morgan fingerprint density at radius 2 is 2.18 bits per heavy atom. The minimum Gasteiger partial charge on any atom is -0.334 e. The standard InChI is InChI=1S/C17H21BrN2O2/c1-4-16(21)19(3)11-17(22)20-7-5-6-15(20)13-8-12(2)9-14(18)10-13/h4,8-10,15H,1,5-7,11H2,2-3H3. The van der Waals surface area contributed by atoms with Gasteiger partial charge in [0.05, 0.1) is 12.6 Å². The Balaban J connectivity index is 2.14. The number of hydrogen-bond acceptors (Lipinski definition) is 2. The number of carbonyl (C=O) groups is 2. The Morgan fingerprint density at radius 1 is 1.45 bits per heavy atom. The summed E-state index contributed by atoms with van der Waals surface area (Å²) < 4.78 is 1.03. The molecule has 1 heterocycles. The fraction of sp³-hybridized carbons (Fsp3) is 0.412. The first-order valence-corrected chi connectivity index (χ1v) is 8.15. The van der Waals surface area contributed by atoms with Crippen molar-refractivity contribution in [2.75, 3.05) is 20.1 Å². The molecule has 0 spiro atoms. The van der Waals surface area contributed by atoms with E-state index in [1.165, 1.54) is 16.5 Å². The van der Waals surface area contributed by atoms with Gasteiger partial charge in [0.15, 0.2) is 0 Å². The van der Waals surface area contributed by atoms with Gasteiger partial charge in [-0.25, -0.2) is 0 Å². The normalized spacial score (nSPS) is 17.4. The van der Waals surface area contributed by atoms with E-state index in [1.54, 1.807) is 7.05 Å². The molecular weight excluding hydrogens is 344 g/mol. The highest BCUT2D eigenvalue weighted by molar-refractivity contribution is 9.10. The third-order valence-electron chi connectivity index (χ3n) is 3.95. The number of amides is 2. The lowest BCUT2D eigenvalue weighted by Crippen LogP contribution is -2.40. The van der Waals surface area contributed by atoms with Gasteiger partial charge in [-0.05, 0) is 49.1 Å². The molecule has 118 valence electrons. The summed E-state index contributed by atoms with van der Waals surface area (Å²) in [5.41, 5.74) is 2.32. The maximum atomic E-state index is 12.5. The van der Waals surface area contributed by atoms with Gasteiger partial charge in [-0.15, -0.1) is 0 Å². The molecule has 0 N–H and O–H groups in total. The average Bonchev–Trinajstić information content (AvgIpc) is 2.94. The van der Waals surface area contributed by atoms with Crippen molar-refractivity contribution in [2.45, 2.75) is 25.8 Å².